The molecule has 4 aromatic rings. The Morgan fingerprint density at radius 2 is 0.972 bits per heavy atom. The number of hydrogen-bond donors (Lipinski definition) is 2. The van der Waals surface area contributed by atoms with E-state index in [0.717, 1.165) is 11.1 Å². The molecule has 2 unspecified atom stereocenters. The lowest BCUT2D eigenvalue weighted by molar-refractivity contribution is 0.412. The number of ether oxygens (including phenoxy) is 2. The van der Waals surface area contributed by atoms with Crippen molar-refractivity contribution in [1.82, 2.24) is 0 Å². The minimum atomic E-state index is -0.414. The van der Waals surface area contributed by atoms with Crippen LogP contribution in [0.15, 0.2) is 107 Å². The van der Waals surface area contributed by atoms with Crippen molar-refractivity contribution >= 4 is 12.4 Å². The highest BCUT2D eigenvalue weighted by atomic mass is 16.5. The maximum Gasteiger partial charge on any atom is 0.124 e. The maximum atomic E-state index is 10.4. The fourth-order valence-electron chi connectivity index (χ4n) is 3.85. The summed E-state index contributed by atoms with van der Waals surface area (Å²) < 4.78 is 10.6. The first-order valence-electron chi connectivity index (χ1n) is 11.5. The second-order valence-electron chi connectivity index (χ2n) is 8.12. The Hall–Kier alpha value is -4.58. The molecule has 0 heterocycles. The largest absolute Gasteiger partial charge is 0.507 e. The molecule has 0 fully saturated rings. The molecule has 4 rings (SSSR count). The van der Waals surface area contributed by atoms with Crippen LogP contribution >= 0.6 is 0 Å². The zero-order valence-corrected chi connectivity index (χ0v) is 20.2. The van der Waals surface area contributed by atoms with Gasteiger partial charge in [-0.2, -0.15) is 0 Å². The van der Waals surface area contributed by atoms with Crippen molar-refractivity contribution in [1.29, 1.82) is 0 Å². The average molecular weight is 481 g/mol. The average Bonchev–Trinajstić information content (AvgIpc) is 2.93. The lowest BCUT2D eigenvalue weighted by atomic mass is 9.94. The van der Waals surface area contributed by atoms with E-state index in [0.29, 0.717) is 22.6 Å². The first-order valence-corrected chi connectivity index (χ1v) is 11.5. The lowest BCUT2D eigenvalue weighted by Crippen LogP contribution is -2.09. The van der Waals surface area contributed by atoms with Gasteiger partial charge in [0, 0.05) is 23.6 Å². The van der Waals surface area contributed by atoms with Crippen LogP contribution in [0.25, 0.3) is 0 Å². The predicted octanol–water partition coefficient (Wildman–Crippen LogP) is 6.14. The van der Waals surface area contributed by atoms with Gasteiger partial charge in [0.25, 0.3) is 0 Å². The molecule has 2 atom stereocenters. The highest BCUT2D eigenvalue weighted by Gasteiger charge is 2.23. The second kappa shape index (κ2) is 11.7. The van der Waals surface area contributed by atoms with Crippen LogP contribution in [0.2, 0.25) is 0 Å². The first kappa shape index (κ1) is 24.5. The van der Waals surface area contributed by atoms with E-state index in [1.807, 2.05) is 60.7 Å². The Bertz CT molecular complexity index is 1230. The van der Waals surface area contributed by atoms with Gasteiger partial charge < -0.3 is 19.7 Å². The van der Waals surface area contributed by atoms with Crippen molar-refractivity contribution < 1.29 is 19.7 Å². The molecule has 4 aromatic carbocycles. The Morgan fingerprint density at radius 1 is 0.583 bits per heavy atom. The van der Waals surface area contributed by atoms with Gasteiger partial charge in [0.15, 0.2) is 0 Å². The zero-order valence-electron chi connectivity index (χ0n) is 20.2. The number of phenols is 2. The van der Waals surface area contributed by atoms with Gasteiger partial charge in [-0.1, -0.05) is 60.7 Å². The highest BCUT2D eigenvalue weighted by Crippen LogP contribution is 2.36. The standard InChI is InChI=1S/C30H28N2O4/c1-35-25-13-15-27(33)23(17-25)19-31-29(21-9-5-3-6-10-21)30(22-11-7-4-8-12-22)32-20-24-18-26(36-2)14-16-28(24)34/h3-20,29-30,33-34H,1-2H3. The summed E-state index contributed by atoms with van der Waals surface area (Å²) in [5.41, 5.74) is 2.99. The van der Waals surface area contributed by atoms with Crippen LogP contribution in [0.5, 0.6) is 23.0 Å². The quantitative estimate of drug-likeness (QED) is 0.282. The highest BCUT2D eigenvalue weighted by molar-refractivity contribution is 5.85. The van der Waals surface area contributed by atoms with Gasteiger partial charge in [0.05, 0.1) is 14.2 Å². The van der Waals surface area contributed by atoms with E-state index in [-0.39, 0.29) is 11.5 Å². The second-order valence-corrected chi connectivity index (χ2v) is 8.12. The molecule has 0 amide bonds. The van der Waals surface area contributed by atoms with E-state index < -0.39 is 12.1 Å². The number of benzene rings is 4. The van der Waals surface area contributed by atoms with E-state index >= 15 is 0 Å². The molecule has 182 valence electrons. The number of hydrogen-bond acceptors (Lipinski definition) is 6. The van der Waals surface area contributed by atoms with Gasteiger partial charge >= 0.3 is 0 Å². The molecule has 0 spiro atoms. The molecule has 6 nitrogen and oxygen atoms in total. The summed E-state index contributed by atoms with van der Waals surface area (Å²) in [7, 11) is 3.16. The van der Waals surface area contributed by atoms with Gasteiger partial charge in [0.2, 0.25) is 0 Å². The Morgan fingerprint density at radius 3 is 1.33 bits per heavy atom. The van der Waals surface area contributed by atoms with Crippen LogP contribution in [0.1, 0.15) is 34.3 Å². The number of nitrogens with zero attached hydrogens (tertiary/aromatic N) is 2. The first-order chi connectivity index (χ1) is 17.6. The third-order valence-electron chi connectivity index (χ3n) is 5.80. The summed E-state index contributed by atoms with van der Waals surface area (Å²) in [5, 5.41) is 20.8. The van der Waals surface area contributed by atoms with Crippen LogP contribution in [0.4, 0.5) is 0 Å². The van der Waals surface area contributed by atoms with Crippen LogP contribution in [0.3, 0.4) is 0 Å². The molecule has 0 saturated carbocycles. The summed E-state index contributed by atoms with van der Waals surface area (Å²) in [6, 6.07) is 28.9. The van der Waals surface area contributed by atoms with E-state index in [1.165, 1.54) is 0 Å². The van der Waals surface area contributed by atoms with E-state index in [9.17, 15) is 10.2 Å². The van der Waals surface area contributed by atoms with Crippen LogP contribution in [-0.4, -0.2) is 36.9 Å². The fourth-order valence-corrected chi connectivity index (χ4v) is 3.85. The molecule has 0 aliphatic heterocycles. The molecule has 6 heteroatoms. The molecule has 0 aliphatic carbocycles. The number of methoxy groups -OCH3 is 2. The summed E-state index contributed by atoms with van der Waals surface area (Å²) in [4.78, 5) is 9.81. The van der Waals surface area contributed by atoms with E-state index in [4.69, 9.17) is 19.5 Å². The van der Waals surface area contributed by atoms with Crippen LogP contribution in [0, 0.1) is 0 Å². The van der Waals surface area contributed by atoms with Crippen molar-refractivity contribution in [2.75, 3.05) is 14.2 Å². The van der Waals surface area contributed by atoms with Gasteiger partial charge in [0.1, 0.15) is 35.1 Å². The van der Waals surface area contributed by atoms with E-state index in [1.54, 1.807) is 63.0 Å². The van der Waals surface area contributed by atoms with Crippen molar-refractivity contribution in [2.24, 2.45) is 9.98 Å². The summed E-state index contributed by atoms with van der Waals surface area (Å²) in [5.74, 6) is 1.45. The number of aromatic hydroxyl groups is 2. The Balaban J connectivity index is 1.81. The molecule has 0 saturated heterocycles. The third kappa shape index (κ3) is 5.91. The molecule has 36 heavy (non-hydrogen) atoms. The van der Waals surface area contributed by atoms with Gasteiger partial charge in [-0.3, -0.25) is 9.98 Å². The third-order valence-corrected chi connectivity index (χ3v) is 5.80. The Labute approximate surface area is 210 Å². The van der Waals surface area contributed by atoms with Crippen LogP contribution < -0.4 is 9.47 Å². The summed E-state index contributed by atoms with van der Waals surface area (Å²) in [6.07, 6.45) is 3.29. The fraction of sp³-hybridized carbons (Fsp3) is 0.133. The smallest absolute Gasteiger partial charge is 0.124 e. The Kier molecular flexibility index (Phi) is 7.98. The van der Waals surface area contributed by atoms with Crippen LogP contribution in [-0.2, 0) is 0 Å². The van der Waals surface area contributed by atoms with Crippen molar-refractivity contribution in [2.45, 2.75) is 12.1 Å². The molecular weight excluding hydrogens is 452 g/mol. The van der Waals surface area contributed by atoms with Gasteiger partial charge in [-0.25, -0.2) is 0 Å². The van der Waals surface area contributed by atoms with Crippen molar-refractivity contribution in [3.8, 4) is 23.0 Å². The predicted molar refractivity (Wildman–Crippen MR) is 143 cm³/mol. The number of rotatable bonds is 9. The van der Waals surface area contributed by atoms with E-state index in [2.05, 4.69) is 0 Å². The molecule has 0 bridgehead atoms. The van der Waals surface area contributed by atoms with Crippen molar-refractivity contribution in [3.63, 3.8) is 0 Å². The summed E-state index contributed by atoms with van der Waals surface area (Å²) in [6.45, 7) is 0. The number of aliphatic imine (C=N–C) groups is 2. The molecule has 0 radical (unpaired) electrons. The topological polar surface area (TPSA) is 83.6 Å². The molecule has 2 N–H and O–H groups in total. The zero-order chi connectivity index (χ0) is 25.3. The van der Waals surface area contributed by atoms with Gasteiger partial charge in [-0.15, -0.1) is 0 Å². The minimum Gasteiger partial charge on any atom is -0.507 e. The SMILES string of the molecule is COc1ccc(O)c(C=NC(c2ccccc2)C(N=Cc2cc(OC)ccc2O)c2ccccc2)c1. The minimum absolute atomic E-state index is 0.104. The normalized spacial score (nSPS) is 13.1. The lowest BCUT2D eigenvalue weighted by Gasteiger charge is -2.22. The summed E-state index contributed by atoms with van der Waals surface area (Å²) >= 11 is 0. The van der Waals surface area contributed by atoms with Gasteiger partial charge in [-0.05, 0) is 47.5 Å². The van der Waals surface area contributed by atoms with Crippen molar-refractivity contribution in [3.05, 3.63) is 119 Å². The maximum absolute atomic E-state index is 10.4. The molecular formula is C30H28N2O4. The monoisotopic (exact) mass is 480 g/mol. The number of phenolic OH excluding ortho intramolecular Hbond substituents is 2. The molecule has 0 aromatic heterocycles. The molecule has 0 aliphatic rings.